The zero-order chi connectivity index (χ0) is 18.7. The summed E-state index contributed by atoms with van der Waals surface area (Å²) in [6.07, 6.45) is 1.20. The second-order valence-electron chi connectivity index (χ2n) is 6.34. The monoisotopic (exact) mass is 358 g/mol. The predicted molar refractivity (Wildman–Crippen MR) is 94.8 cm³/mol. The summed E-state index contributed by atoms with van der Waals surface area (Å²) in [5, 5.41) is 8.65. The number of amides is 4. The Hall–Kier alpha value is -2.74. The summed E-state index contributed by atoms with van der Waals surface area (Å²) in [7, 11) is 0. The van der Waals surface area contributed by atoms with Gasteiger partial charge in [-0.3, -0.25) is 29.4 Å². The first-order valence-electron chi connectivity index (χ1n) is 8.83. The maximum absolute atomic E-state index is 12.7. The molecule has 1 aromatic carbocycles. The molecule has 0 saturated carbocycles. The molecule has 2 aliphatic rings. The molecule has 1 saturated heterocycles. The number of carbonyl (C=O) groups is 4. The van der Waals surface area contributed by atoms with Crippen LogP contribution in [0.2, 0.25) is 0 Å². The summed E-state index contributed by atoms with van der Waals surface area (Å²) >= 11 is 0. The largest absolute Gasteiger partial charge is 0.385 e. The Morgan fingerprint density at radius 1 is 1.12 bits per heavy atom. The molecule has 1 atom stereocenters. The molecule has 0 spiro atoms. The van der Waals surface area contributed by atoms with Gasteiger partial charge in [0, 0.05) is 18.7 Å². The fourth-order valence-corrected chi connectivity index (χ4v) is 3.20. The van der Waals surface area contributed by atoms with Gasteiger partial charge in [-0.25, -0.2) is 0 Å². The second-order valence-corrected chi connectivity index (χ2v) is 6.34. The fourth-order valence-electron chi connectivity index (χ4n) is 3.20. The molecule has 0 bridgehead atoms. The van der Waals surface area contributed by atoms with Crippen molar-refractivity contribution in [2.24, 2.45) is 0 Å². The highest BCUT2D eigenvalue weighted by Crippen LogP contribution is 2.29. The third kappa shape index (κ3) is 3.45. The molecule has 138 valence electrons. The van der Waals surface area contributed by atoms with Crippen LogP contribution in [-0.2, 0) is 9.59 Å². The molecule has 2 heterocycles. The minimum atomic E-state index is -0.934. The van der Waals surface area contributed by atoms with Crippen molar-refractivity contribution in [2.45, 2.75) is 32.2 Å². The van der Waals surface area contributed by atoms with Gasteiger partial charge in [-0.1, -0.05) is 6.92 Å². The molecule has 3 N–H and O–H groups in total. The fraction of sp³-hybridized carbons (Fsp3) is 0.444. The van der Waals surface area contributed by atoms with Crippen molar-refractivity contribution in [2.75, 3.05) is 25.0 Å². The van der Waals surface area contributed by atoms with E-state index in [-0.39, 0.29) is 29.9 Å². The number of carbonyl (C=O) groups excluding carboxylic acids is 4. The quantitative estimate of drug-likeness (QED) is 0.484. The van der Waals surface area contributed by atoms with E-state index in [1.807, 2.05) is 6.92 Å². The van der Waals surface area contributed by atoms with Gasteiger partial charge in [0.15, 0.2) is 0 Å². The van der Waals surface area contributed by atoms with Gasteiger partial charge in [-0.15, -0.1) is 0 Å². The van der Waals surface area contributed by atoms with E-state index in [9.17, 15) is 19.2 Å². The van der Waals surface area contributed by atoms with Gasteiger partial charge in [-0.2, -0.15) is 0 Å². The lowest BCUT2D eigenvalue weighted by molar-refractivity contribution is -0.136. The highest BCUT2D eigenvalue weighted by molar-refractivity contribution is 6.23. The average molecular weight is 358 g/mol. The molecule has 2 aliphatic heterocycles. The number of anilines is 1. The van der Waals surface area contributed by atoms with Crippen molar-refractivity contribution in [3.63, 3.8) is 0 Å². The summed E-state index contributed by atoms with van der Waals surface area (Å²) in [6.45, 7) is 4.61. The molecule has 0 radical (unpaired) electrons. The Morgan fingerprint density at radius 3 is 2.62 bits per heavy atom. The summed E-state index contributed by atoms with van der Waals surface area (Å²) < 4.78 is 0. The van der Waals surface area contributed by atoms with Gasteiger partial charge in [-0.05, 0) is 44.1 Å². The summed E-state index contributed by atoms with van der Waals surface area (Å²) in [5.74, 6) is -1.96. The molecule has 1 fully saturated rings. The molecule has 8 nitrogen and oxygen atoms in total. The molecule has 1 aromatic rings. The maximum atomic E-state index is 12.7. The van der Waals surface area contributed by atoms with Crippen LogP contribution in [0.25, 0.3) is 0 Å². The van der Waals surface area contributed by atoms with Crippen LogP contribution < -0.4 is 16.0 Å². The topological polar surface area (TPSA) is 108 Å². The molecule has 1 unspecified atom stereocenters. The molecule has 0 aromatic heterocycles. The zero-order valence-electron chi connectivity index (χ0n) is 14.6. The van der Waals surface area contributed by atoms with Gasteiger partial charge in [0.2, 0.25) is 11.8 Å². The number of hydrogen-bond acceptors (Lipinski definition) is 6. The van der Waals surface area contributed by atoms with E-state index in [0.717, 1.165) is 36.6 Å². The molecule has 3 rings (SSSR count). The van der Waals surface area contributed by atoms with Crippen LogP contribution in [-0.4, -0.2) is 54.2 Å². The van der Waals surface area contributed by atoms with Crippen molar-refractivity contribution >= 4 is 29.3 Å². The first-order chi connectivity index (χ1) is 12.5. The molecule has 0 aliphatic carbocycles. The van der Waals surface area contributed by atoms with Gasteiger partial charge < -0.3 is 10.6 Å². The van der Waals surface area contributed by atoms with Crippen LogP contribution in [0.15, 0.2) is 18.2 Å². The molecular weight excluding hydrogens is 336 g/mol. The number of imide groups is 2. The Bertz CT molecular complexity index is 762. The lowest BCUT2D eigenvalue weighted by atomic mass is 10.0. The normalized spacial score (nSPS) is 19.6. The van der Waals surface area contributed by atoms with Crippen LogP contribution in [0, 0.1) is 0 Å². The SMILES string of the molecule is CCNCCCNc1ccc2c(c1)C(=O)N(C1CCC(=O)NC1=O)C2=O. The van der Waals surface area contributed by atoms with Crippen molar-refractivity contribution in [1.29, 1.82) is 0 Å². The molecule has 4 amide bonds. The number of piperidine rings is 1. The van der Waals surface area contributed by atoms with E-state index in [0.29, 0.717) is 0 Å². The van der Waals surface area contributed by atoms with Crippen molar-refractivity contribution in [3.05, 3.63) is 29.3 Å². The minimum absolute atomic E-state index is 0.114. The number of nitrogens with zero attached hydrogens (tertiary/aromatic N) is 1. The predicted octanol–water partition coefficient (Wildman–Crippen LogP) is 0.499. The summed E-state index contributed by atoms with van der Waals surface area (Å²) in [6, 6.07) is 4.07. The lowest BCUT2D eigenvalue weighted by Crippen LogP contribution is -2.54. The third-order valence-corrected chi connectivity index (χ3v) is 4.55. The van der Waals surface area contributed by atoms with Gasteiger partial charge in [0.05, 0.1) is 11.1 Å². The third-order valence-electron chi connectivity index (χ3n) is 4.55. The van der Waals surface area contributed by atoms with E-state index in [2.05, 4.69) is 16.0 Å². The first kappa shape index (κ1) is 18.1. The molecular formula is C18H22N4O4. The first-order valence-corrected chi connectivity index (χ1v) is 8.83. The molecule has 26 heavy (non-hydrogen) atoms. The number of benzene rings is 1. The van der Waals surface area contributed by atoms with Gasteiger partial charge in [0.1, 0.15) is 6.04 Å². The smallest absolute Gasteiger partial charge is 0.262 e. The highest BCUT2D eigenvalue weighted by atomic mass is 16.2. The summed E-state index contributed by atoms with van der Waals surface area (Å²) in [4.78, 5) is 49.6. The van der Waals surface area contributed by atoms with Crippen LogP contribution in [0.1, 0.15) is 46.9 Å². The Morgan fingerprint density at radius 2 is 1.88 bits per heavy atom. The maximum Gasteiger partial charge on any atom is 0.262 e. The van der Waals surface area contributed by atoms with E-state index in [1.54, 1.807) is 18.2 Å². The van der Waals surface area contributed by atoms with Crippen LogP contribution in [0.5, 0.6) is 0 Å². The van der Waals surface area contributed by atoms with E-state index in [1.165, 1.54) is 0 Å². The number of hydrogen-bond donors (Lipinski definition) is 3. The van der Waals surface area contributed by atoms with Gasteiger partial charge in [0.25, 0.3) is 11.8 Å². The Balaban J connectivity index is 1.71. The van der Waals surface area contributed by atoms with Crippen molar-refractivity contribution in [3.8, 4) is 0 Å². The van der Waals surface area contributed by atoms with Crippen LogP contribution in [0.3, 0.4) is 0 Å². The van der Waals surface area contributed by atoms with E-state index < -0.39 is 23.8 Å². The standard InChI is InChI=1S/C18H22N4O4/c1-2-19-8-3-9-20-11-4-5-12-13(10-11)18(26)22(17(12)25)14-6-7-15(23)21-16(14)24/h4-5,10,14,19-20H,2-3,6-9H2,1H3,(H,21,23,24). The lowest BCUT2D eigenvalue weighted by Gasteiger charge is -2.27. The van der Waals surface area contributed by atoms with Crippen molar-refractivity contribution in [1.82, 2.24) is 15.5 Å². The van der Waals surface area contributed by atoms with Gasteiger partial charge >= 0.3 is 0 Å². The average Bonchev–Trinajstić information content (AvgIpc) is 2.86. The number of nitrogens with one attached hydrogen (secondary N) is 3. The van der Waals surface area contributed by atoms with Crippen molar-refractivity contribution < 1.29 is 19.2 Å². The minimum Gasteiger partial charge on any atom is -0.385 e. The molecule has 8 heteroatoms. The zero-order valence-corrected chi connectivity index (χ0v) is 14.6. The Kier molecular flexibility index (Phi) is 5.32. The Labute approximate surface area is 151 Å². The number of fused-ring (bicyclic) bond motifs is 1. The van der Waals surface area contributed by atoms with Crippen LogP contribution >= 0.6 is 0 Å². The highest BCUT2D eigenvalue weighted by Gasteiger charge is 2.44. The van der Waals surface area contributed by atoms with E-state index in [4.69, 9.17) is 0 Å². The van der Waals surface area contributed by atoms with E-state index >= 15 is 0 Å². The van der Waals surface area contributed by atoms with Crippen LogP contribution in [0.4, 0.5) is 5.69 Å². The number of rotatable bonds is 7. The summed E-state index contributed by atoms with van der Waals surface area (Å²) in [5.41, 5.74) is 1.33. The second kappa shape index (κ2) is 7.65.